The molecule has 0 fully saturated rings. The molecule has 0 amide bonds. The minimum absolute atomic E-state index is 0.0793. The molecule has 1 rings (SSSR count). The minimum Gasteiger partial charge on any atom is -0.322 e. The van der Waals surface area contributed by atoms with Crippen LogP contribution in [0, 0.1) is 0 Å². The molecule has 0 aliphatic rings. The van der Waals surface area contributed by atoms with Crippen molar-refractivity contribution in [2.24, 2.45) is 5.73 Å². The van der Waals surface area contributed by atoms with E-state index in [2.05, 4.69) is 10.3 Å². The number of rotatable bonds is 5. The van der Waals surface area contributed by atoms with Gasteiger partial charge in [-0.1, -0.05) is 12.1 Å². The zero-order valence-corrected chi connectivity index (χ0v) is 9.74. The summed E-state index contributed by atoms with van der Waals surface area (Å²) >= 11 is 0. The molecule has 2 N–H and O–H groups in total. The summed E-state index contributed by atoms with van der Waals surface area (Å²) in [5, 5.41) is 7.58. The van der Waals surface area contributed by atoms with Crippen LogP contribution in [-0.2, 0) is 16.4 Å². The summed E-state index contributed by atoms with van der Waals surface area (Å²) in [4.78, 5) is 0. The van der Waals surface area contributed by atoms with Gasteiger partial charge in [-0.2, -0.15) is 0 Å². The Hall–Kier alpha value is -0.950. The second kappa shape index (κ2) is 4.71. The molecule has 0 spiro atoms. The zero-order chi connectivity index (χ0) is 11.5. The summed E-state index contributed by atoms with van der Waals surface area (Å²) < 4.78 is 23.8. The van der Waals surface area contributed by atoms with Crippen molar-refractivity contribution in [3.05, 3.63) is 11.9 Å². The maximum absolute atomic E-state index is 11.1. The first-order chi connectivity index (χ1) is 6.94. The Kier molecular flexibility index (Phi) is 3.81. The summed E-state index contributed by atoms with van der Waals surface area (Å²) in [6.07, 6.45) is 3.59. The number of sulfone groups is 1. The lowest BCUT2D eigenvalue weighted by Crippen LogP contribution is -2.24. The van der Waals surface area contributed by atoms with Crippen LogP contribution in [-0.4, -0.2) is 35.4 Å². The van der Waals surface area contributed by atoms with Crippen molar-refractivity contribution in [1.82, 2.24) is 15.0 Å². The molecular weight excluding hydrogens is 216 g/mol. The summed E-state index contributed by atoms with van der Waals surface area (Å²) in [6.45, 7) is 2.71. The van der Waals surface area contributed by atoms with E-state index in [0.29, 0.717) is 12.2 Å². The fraction of sp³-hybridized carbons (Fsp3) is 0.750. The molecule has 15 heavy (non-hydrogen) atoms. The first kappa shape index (κ1) is 12.1. The summed E-state index contributed by atoms with van der Waals surface area (Å²) in [5.74, 6) is -0.0793. The van der Waals surface area contributed by atoms with Crippen molar-refractivity contribution in [1.29, 1.82) is 0 Å². The van der Waals surface area contributed by atoms with Crippen molar-refractivity contribution < 1.29 is 8.42 Å². The molecule has 1 atom stereocenters. The van der Waals surface area contributed by atoms with Crippen molar-refractivity contribution in [2.45, 2.75) is 25.9 Å². The Morgan fingerprint density at radius 2 is 2.27 bits per heavy atom. The molecule has 0 aliphatic carbocycles. The molecule has 1 unspecified atom stereocenters. The number of nitrogens with zero attached hydrogens (tertiary/aromatic N) is 3. The largest absolute Gasteiger partial charge is 0.322 e. The van der Waals surface area contributed by atoms with Crippen LogP contribution in [0.3, 0.4) is 0 Å². The molecule has 86 valence electrons. The fourth-order valence-corrected chi connectivity index (χ4v) is 2.17. The zero-order valence-electron chi connectivity index (χ0n) is 8.92. The number of aryl methyl sites for hydroxylation is 1. The highest BCUT2D eigenvalue weighted by molar-refractivity contribution is 7.90. The van der Waals surface area contributed by atoms with Crippen LogP contribution < -0.4 is 5.73 Å². The molecular formula is C8H16N4O2S. The van der Waals surface area contributed by atoms with E-state index in [1.807, 2.05) is 6.92 Å². The highest BCUT2D eigenvalue weighted by atomic mass is 32.2. The summed E-state index contributed by atoms with van der Waals surface area (Å²) in [7, 11) is -3.07. The maximum atomic E-state index is 11.1. The maximum Gasteiger partial charge on any atom is 0.149 e. The Balaban J connectivity index is 2.81. The number of aromatic nitrogens is 3. The molecule has 1 aromatic rings. The SMILES string of the molecule is CCCn1nncc1C(N)CS(C)(=O)=O. The van der Waals surface area contributed by atoms with Gasteiger partial charge in [0.15, 0.2) is 0 Å². The van der Waals surface area contributed by atoms with Crippen molar-refractivity contribution >= 4 is 9.84 Å². The van der Waals surface area contributed by atoms with Crippen LogP contribution >= 0.6 is 0 Å². The Morgan fingerprint density at radius 1 is 1.60 bits per heavy atom. The molecule has 0 aromatic carbocycles. The van der Waals surface area contributed by atoms with Gasteiger partial charge in [-0.15, -0.1) is 5.10 Å². The van der Waals surface area contributed by atoms with E-state index in [1.54, 1.807) is 4.68 Å². The first-order valence-corrected chi connectivity index (χ1v) is 6.81. The van der Waals surface area contributed by atoms with E-state index in [1.165, 1.54) is 12.5 Å². The number of hydrogen-bond donors (Lipinski definition) is 1. The highest BCUT2D eigenvalue weighted by Crippen LogP contribution is 2.10. The molecule has 6 nitrogen and oxygen atoms in total. The van der Waals surface area contributed by atoms with Gasteiger partial charge in [0.1, 0.15) is 9.84 Å². The standard InChI is InChI=1S/C8H16N4O2S/c1-3-4-12-8(5-10-11-12)7(9)6-15(2,13)14/h5,7H,3-4,6,9H2,1-2H3. The normalized spacial score (nSPS) is 14.1. The molecule has 0 bridgehead atoms. The van der Waals surface area contributed by atoms with Crippen LogP contribution in [0.25, 0.3) is 0 Å². The minimum atomic E-state index is -3.07. The molecule has 7 heteroatoms. The van der Waals surface area contributed by atoms with Crippen molar-refractivity contribution in [2.75, 3.05) is 12.0 Å². The molecule has 0 saturated carbocycles. The number of hydrogen-bond acceptors (Lipinski definition) is 5. The lowest BCUT2D eigenvalue weighted by molar-refractivity contribution is 0.533. The van der Waals surface area contributed by atoms with Gasteiger partial charge in [-0.3, -0.25) is 0 Å². The third kappa shape index (κ3) is 3.60. The lowest BCUT2D eigenvalue weighted by Gasteiger charge is -2.11. The van der Waals surface area contributed by atoms with E-state index in [-0.39, 0.29) is 5.75 Å². The van der Waals surface area contributed by atoms with Gasteiger partial charge >= 0.3 is 0 Å². The van der Waals surface area contributed by atoms with Gasteiger partial charge in [-0.25, -0.2) is 13.1 Å². The van der Waals surface area contributed by atoms with E-state index >= 15 is 0 Å². The summed E-state index contributed by atoms with van der Waals surface area (Å²) in [6, 6.07) is -0.554. The monoisotopic (exact) mass is 232 g/mol. The molecule has 1 heterocycles. The molecule has 1 aromatic heterocycles. The number of nitrogens with two attached hydrogens (primary N) is 1. The lowest BCUT2D eigenvalue weighted by atomic mass is 10.2. The topological polar surface area (TPSA) is 90.9 Å². The molecule has 0 aliphatic heterocycles. The van der Waals surface area contributed by atoms with Crippen LogP contribution in [0.5, 0.6) is 0 Å². The quantitative estimate of drug-likeness (QED) is 0.754. The van der Waals surface area contributed by atoms with Crippen molar-refractivity contribution in [3.63, 3.8) is 0 Å². The van der Waals surface area contributed by atoms with Gasteiger partial charge in [0, 0.05) is 12.8 Å². The predicted octanol–water partition coefficient (Wildman–Crippen LogP) is -0.267. The fourth-order valence-electron chi connectivity index (χ4n) is 1.35. The van der Waals surface area contributed by atoms with Gasteiger partial charge in [0.2, 0.25) is 0 Å². The first-order valence-electron chi connectivity index (χ1n) is 4.75. The average molecular weight is 232 g/mol. The van der Waals surface area contributed by atoms with E-state index < -0.39 is 15.9 Å². The van der Waals surface area contributed by atoms with Crippen LogP contribution in [0.4, 0.5) is 0 Å². The van der Waals surface area contributed by atoms with Gasteiger partial charge < -0.3 is 5.73 Å². The van der Waals surface area contributed by atoms with E-state index in [4.69, 9.17) is 5.73 Å². The smallest absolute Gasteiger partial charge is 0.149 e. The molecule has 0 radical (unpaired) electrons. The Morgan fingerprint density at radius 3 is 2.80 bits per heavy atom. The average Bonchev–Trinajstić information content (AvgIpc) is 2.49. The predicted molar refractivity (Wildman–Crippen MR) is 57.0 cm³/mol. The van der Waals surface area contributed by atoms with Gasteiger partial charge in [0.25, 0.3) is 0 Å². The van der Waals surface area contributed by atoms with Crippen LogP contribution in [0.15, 0.2) is 6.20 Å². The Labute approximate surface area is 89.4 Å². The van der Waals surface area contributed by atoms with Gasteiger partial charge in [0.05, 0.1) is 23.7 Å². The third-order valence-electron chi connectivity index (χ3n) is 1.95. The third-order valence-corrected chi connectivity index (χ3v) is 2.91. The van der Waals surface area contributed by atoms with E-state index in [9.17, 15) is 8.42 Å². The van der Waals surface area contributed by atoms with Gasteiger partial charge in [-0.05, 0) is 6.42 Å². The van der Waals surface area contributed by atoms with E-state index in [0.717, 1.165) is 6.42 Å². The van der Waals surface area contributed by atoms with Crippen molar-refractivity contribution in [3.8, 4) is 0 Å². The Bertz CT molecular complexity index is 412. The second-order valence-electron chi connectivity index (χ2n) is 3.58. The van der Waals surface area contributed by atoms with Crippen LogP contribution in [0.1, 0.15) is 25.1 Å². The molecule has 0 saturated heterocycles. The van der Waals surface area contributed by atoms with Crippen LogP contribution in [0.2, 0.25) is 0 Å². The highest BCUT2D eigenvalue weighted by Gasteiger charge is 2.17. The second-order valence-corrected chi connectivity index (χ2v) is 5.77. The summed E-state index contributed by atoms with van der Waals surface area (Å²) in [5.41, 5.74) is 6.45.